The Morgan fingerprint density at radius 3 is 2.19 bits per heavy atom. The summed E-state index contributed by atoms with van der Waals surface area (Å²) < 4.78 is 0. The van der Waals surface area contributed by atoms with E-state index in [0.29, 0.717) is 5.78 Å². The quantitative estimate of drug-likeness (QED) is 0.590. The fourth-order valence-electron chi connectivity index (χ4n) is 4.19. The third kappa shape index (κ3) is 1.82. The standard InChI is InChI=1S/C15H17N3O3/c19-14-11-7-16-5-6-17(8-11)10-15(14,9-16)12-1-3-13(4-2-12)18(20)21/h1-4,11H,5-10H2. The van der Waals surface area contributed by atoms with E-state index in [0.717, 1.165) is 44.8 Å². The van der Waals surface area contributed by atoms with E-state index in [9.17, 15) is 14.9 Å². The van der Waals surface area contributed by atoms with Gasteiger partial charge in [0.25, 0.3) is 5.69 Å². The van der Waals surface area contributed by atoms with Crippen molar-refractivity contribution in [3.8, 4) is 0 Å². The van der Waals surface area contributed by atoms with Gasteiger partial charge in [-0.05, 0) is 5.56 Å². The number of nitro benzene ring substituents is 1. The van der Waals surface area contributed by atoms with Crippen molar-refractivity contribution in [2.45, 2.75) is 5.41 Å². The van der Waals surface area contributed by atoms with E-state index in [1.807, 2.05) is 0 Å². The molecule has 0 radical (unpaired) electrons. The highest BCUT2D eigenvalue weighted by Crippen LogP contribution is 2.40. The SMILES string of the molecule is O=C1C2CN3CCN(C2)CC1(c1ccc([N+](=O)[O-])cc1)C3. The van der Waals surface area contributed by atoms with Gasteiger partial charge in [-0.25, -0.2) is 0 Å². The average molecular weight is 287 g/mol. The van der Waals surface area contributed by atoms with Crippen LogP contribution in [0.25, 0.3) is 0 Å². The van der Waals surface area contributed by atoms with Crippen LogP contribution in [0.1, 0.15) is 5.56 Å². The van der Waals surface area contributed by atoms with Crippen LogP contribution in [0.4, 0.5) is 5.69 Å². The molecular formula is C15H17N3O3. The van der Waals surface area contributed by atoms with Gasteiger partial charge in [-0.3, -0.25) is 24.7 Å². The largest absolute Gasteiger partial charge is 0.300 e. The molecule has 4 heterocycles. The van der Waals surface area contributed by atoms with Gasteiger partial charge < -0.3 is 0 Å². The number of benzene rings is 1. The van der Waals surface area contributed by atoms with Crippen LogP contribution in [-0.2, 0) is 10.2 Å². The number of Topliss-reactive ketones (excluding diaryl/α,β-unsaturated/α-hetero) is 1. The first-order valence-corrected chi connectivity index (χ1v) is 7.32. The van der Waals surface area contributed by atoms with Gasteiger partial charge in [0.1, 0.15) is 0 Å². The van der Waals surface area contributed by atoms with Gasteiger partial charge in [0.05, 0.1) is 10.3 Å². The molecule has 0 spiro atoms. The van der Waals surface area contributed by atoms with Gasteiger partial charge in [-0.2, -0.15) is 0 Å². The zero-order valence-electron chi connectivity index (χ0n) is 11.7. The molecule has 0 N–H and O–H groups in total. The van der Waals surface area contributed by atoms with E-state index < -0.39 is 10.3 Å². The molecule has 0 saturated carbocycles. The first kappa shape index (κ1) is 12.9. The number of piperidine rings is 2. The number of hydrogen-bond acceptors (Lipinski definition) is 5. The van der Waals surface area contributed by atoms with Crippen LogP contribution in [0, 0.1) is 16.0 Å². The minimum absolute atomic E-state index is 0.0781. The molecule has 4 aliphatic rings. The summed E-state index contributed by atoms with van der Waals surface area (Å²) in [7, 11) is 0. The molecule has 1 aromatic carbocycles. The monoisotopic (exact) mass is 287 g/mol. The fourth-order valence-corrected chi connectivity index (χ4v) is 4.19. The van der Waals surface area contributed by atoms with E-state index in [1.165, 1.54) is 12.1 Å². The Morgan fingerprint density at radius 1 is 1.10 bits per heavy atom. The molecule has 4 fully saturated rings. The zero-order chi connectivity index (χ0) is 14.6. The Kier molecular flexibility index (Phi) is 2.68. The molecule has 6 nitrogen and oxygen atoms in total. The van der Waals surface area contributed by atoms with Crippen LogP contribution in [0.3, 0.4) is 0 Å². The molecule has 0 aliphatic carbocycles. The maximum atomic E-state index is 12.9. The van der Waals surface area contributed by atoms with Crippen LogP contribution in [0.5, 0.6) is 0 Å². The highest BCUT2D eigenvalue weighted by Gasteiger charge is 2.54. The number of carbonyl (C=O) groups is 1. The maximum Gasteiger partial charge on any atom is 0.269 e. The number of nitro groups is 1. The third-order valence-corrected chi connectivity index (χ3v) is 5.15. The number of rotatable bonds is 2. The van der Waals surface area contributed by atoms with Crippen molar-refractivity contribution in [1.82, 2.24) is 9.80 Å². The maximum absolute atomic E-state index is 12.9. The van der Waals surface area contributed by atoms with Gasteiger partial charge in [0, 0.05) is 57.3 Å². The molecule has 2 atom stereocenters. The van der Waals surface area contributed by atoms with Crippen LogP contribution in [0.2, 0.25) is 0 Å². The topological polar surface area (TPSA) is 66.7 Å². The third-order valence-electron chi connectivity index (χ3n) is 5.15. The number of ketones is 1. The van der Waals surface area contributed by atoms with Crippen LogP contribution in [-0.4, -0.2) is 59.8 Å². The number of nitrogens with zero attached hydrogens (tertiary/aromatic N) is 3. The number of fused-ring (bicyclic) bond motifs is 1. The predicted molar refractivity (Wildman–Crippen MR) is 76.2 cm³/mol. The van der Waals surface area contributed by atoms with Gasteiger partial charge in [0.2, 0.25) is 0 Å². The lowest BCUT2D eigenvalue weighted by molar-refractivity contribution is -0.384. The average Bonchev–Trinajstić information content (AvgIpc) is 2.73. The molecular weight excluding hydrogens is 270 g/mol. The minimum Gasteiger partial charge on any atom is -0.300 e. The summed E-state index contributed by atoms with van der Waals surface area (Å²) in [5, 5.41) is 10.8. The minimum atomic E-state index is -0.493. The summed E-state index contributed by atoms with van der Waals surface area (Å²) >= 11 is 0. The van der Waals surface area contributed by atoms with Gasteiger partial charge in [-0.1, -0.05) is 12.1 Å². The Hall–Kier alpha value is -1.79. The van der Waals surface area contributed by atoms with Crippen molar-refractivity contribution in [3.63, 3.8) is 0 Å². The highest BCUT2D eigenvalue weighted by molar-refractivity contribution is 5.94. The van der Waals surface area contributed by atoms with Crippen LogP contribution >= 0.6 is 0 Å². The lowest BCUT2D eigenvalue weighted by atomic mass is 9.67. The first-order valence-electron chi connectivity index (χ1n) is 7.32. The van der Waals surface area contributed by atoms with Crippen molar-refractivity contribution in [1.29, 1.82) is 0 Å². The fraction of sp³-hybridized carbons (Fsp3) is 0.533. The van der Waals surface area contributed by atoms with Gasteiger partial charge >= 0.3 is 0 Å². The Labute approximate surface area is 122 Å². The Morgan fingerprint density at radius 2 is 1.67 bits per heavy atom. The molecule has 0 amide bonds. The van der Waals surface area contributed by atoms with Gasteiger partial charge in [-0.15, -0.1) is 0 Å². The summed E-state index contributed by atoms with van der Waals surface area (Å²) in [6.45, 7) is 5.25. The zero-order valence-corrected chi connectivity index (χ0v) is 11.7. The molecule has 1 aromatic rings. The van der Waals surface area contributed by atoms with E-state index in [4.69, 9.17) is 0 Å². The second-order valence-corrected chi connectivity index (χ2v) is 6.42. The second-order valence-electron chi connectivity index (χ2n) is 6.42. The molecule has 6 heteroatoms. The molecule has 110 valence electrons. The summed E-state index contributed by atoms with van der Waals surface area (Å²) in [6, 6.07) is 6.57. The molecule has 4 aliphatic heterocycles. The summed E-state index contributed by atoms with van der Waals surface area (Å²) in [6.07, 6.45) is 0. The molecule has 0 aromatic heterocycles. The Balaban J connectivity index is 1.78. The van der Waals surface area contributed by atoms with Crippen molar-refractivity contribution < 1.29 is 9.72 Å². The number of carbonyl (C=O) groups excluding carboxylic acids is 1. The van der Waals surface area contributed by atoms with E-state index >= 15 is 0 Å². The van der Waals surface area contributed by atoms with Crippen molar-refractivity contribution in [2.75, 3.05) is 39.3 Å². The van der Waals surface area contributed by atoms with E-state index in [1.54, 1.807) is 12.1 Å². The second kappa shape index (κ2) is 4.35. The molecule has 5 rings (SSSR count). The molecule has 4 saturated heterocycles. The summed E-state index contributed by atoms with van der Waals surface area (Å²) in [5.74, 6) is 0.413. The lowest BCUT2D eigenvalue weighted by Gasteiger charge is -2.48. The smallest absolute Gasteiger partial charge is 0.269 e. The van der Waals surface area contributed by atoms with Crippen molar-refractivity contribution in [2.24, 2.45) is 5.92 Å². The Bertz CT molecular complexity index is 597. The van der Waals surface area contributed by atoms with Gasteiger partial charge in [0.15, 0.2) is 5.78 Å². The van der Waals surface area contributed by atoms with Crippen LogP contribution < -0.4 is 0 Å². The molecule has 2 unspecified atom stereocenters. The lowest BCUT2D eigenvalue weighted by Crippen LogP contribution is -2.63. The predicted octanol–water partition coefficient (Wildman–Crippen LogP) is 0.663. The first-order chi connectivity index (χ1) is 10.1. The van der Waals surface area contributed by atoms with Crippen LogP contribution in [0.15, 0.2) is 24.3 Å². The van der Waals surface area contributed by atoms with E-state index in [-0.39, 0.29) is 11.6 Å². The van der Waals surface area contributed by atoms with Crippen molar-refractivity contribution in [3.05, 3.63) is 39.9 Å². The number of hydrogen-bond donors (Lipinski definition) is 0. The summed E-state index contributed by atoms with van der Waals surface area (Å²) in [4.78, 5) is 28.0. The van der Waals surface area contributed by atoms with E-state index in [2.05, 4.69) is 9.80 Å². The van der Waals surface area contributed by atoms with Crippen molar-refractivity contribution >= 4 is 11.5 Å². The number of non-ortho nitro benzene ring substituents is 1. The highest BCUT2D eigenvalue weighted by atomic mass is 16.6. The molecule has 4 bridgehead atoms. The normalized spacial score (nSPS) is 37.5. The molecule has 21 heavy (non-hydrogen) atoms. The summed E-state index contributed by atoms with van der Waals surface area (Å²) in [5.41, 5.74) is 0.515.